The van der Waals surface area contributed by atoms with E-state index in [9.17, 15) is 33.6 Å². The molecule has 3 N–H and O–H groups in total. The van der Waals surface area contributed by atoms with Crippen molar-refractivity contribution in [3.05, 3.63) is 77.9 Å². The number of unbranched alkanes of at least 4 members (excludes halogenated alkanes) is 2. The number of nitrogens with one attached hydrogen (secondary N) is 3. The van der Waals surface area contributed by atoms with Gasteiger partial charge in [0, 0.05) is 52.9 Å². The maximum atomic E-state index is 14.5. The highest BCUT2D eigenvalue weighted by molar-refractivity contribution is 6.12. The van der Waals surface area contributed by atoms with E-state index >= 15 is 0 Å². The quantitative estimate of drug-likeness (QED) is 0.0358. The molecule has 2 aliphatic rings. The van der Waals surface area contributed by atoms with Crippen LogP contribution in [0.2, 0.25) is 0 Å². The van der Waals surface area contributed by atoms with Crippen molar-refractivity contribution in [2.45, 2.75) is 156 Å². The van der Waals surface area contributed by atoms with Crippen LogP contribution in [0, 0.1) is 23.7 Å². The Morgan fingerprint density at radius 2 is 1.47 bits per heavy atom. The molecule has 9 atom stereocenters. The number of rotatable bonds is 31. The van der Waals surface area contributed by atoms with E-state index in [-0.39, 0.29) is 84.6 Å². The molecule has 420 valence electrons. The molecule has 2 aromatic rings. The SMILES string of the molecule is CC[C@H](C)[C@@H]([C@@H](CC(=O)N1CCC[C@H]1[C@H](OC)[C@@H](C)C(=O)N[C@H](COc1ccc(/C(C)=N\NC(=O)CCCCCN2C(=O)C=CC2=O)cc1)Cc1ccccc1)OC)N(C)C(=O)[C@@H](NC(=O)[C@H](C(C)C)N(C)C)C(C)C. The minimum atomic E-state index is -0.787. The molecule has 2 aromatic carbocycles. The van der Waals surface area contributed by atoms with Crippen LogP contribution < -0.4 is 20.8 Å². The number of imide groups is 1. The van der Waals surface area contributed by atoms with E-state index in [0.29, 0.717) is 56.7 Å². The van der Waals surface area contributed by atoms with Gasteiger partial charge in [-0.25, -0.2) is 5.43 Å². The molecule has 18 nitrogen and oxygen atoms in total. The van der Waals surface area contributed by atoms with E-state index in [1.807, 2.05) is 127 Å². The number of hydrazone groups is 1. The number of benzene rings is 2. The summed E-state index contributed by atoms with van der Waals surface area (Å²) in [5.41, 5.74) is 5.00. The first-order valence-electron chi connectivity index (χ1n) is 27.2. The normalized spacial score (nSPS) is 18.1. The minimum absolute atomic E-state index is 0.00188. The van der Waals surface area contributed by atoms with Gasteiger partial charge in [0.2, 0.25) is 29.5 Å². The molecule has 0 unspecified atom stereocenters. The number of nitrogens with zero attached hydrogens (tertiary/aromatic N) is 5. The van der Waals surface area contributed by atoms with E-state index in [0.717, 1.165) is 24.0 Å². The van der Waals surface area contributed by atoms with Crippen molar-refractivity contribution in [3.63, 3.8) is 0 Å². The predicted octanol–water partition coefficient (Wildman–Crippen LogP) is 5.77. The summed E-state index contributed by atoms with van der Waals surface area (Å²) in [5.74, 6) is -2.00. The Kier molecular flexibility index (Phi) is 25.3. The number of hydrogen-bond acceptors (Lipinski definition) is 12. The Labute approximate surface area is 452 Å². The second kappa shape index (κ2) is 30.7. The van der Waals surface area contributed by atoms with Crippen LogP contribution in [0.25, 0.3) is 0 Å². The molecule has 2 heterocycles. The van der Waals surface area contributed by atoms with Crippen molar-refractivity contribution in [3.8, 4) is 5.75 Å². The zero-order valence-corrected chi connectivity index (χ0v) is 47.5. The number of likely N-dealkylation sites (N-methyl/N-ethyl adjacent to an activating group) is 2. The number of carbonyl (C=O) groups excluding carboxylic acids is 7. The van der Waals surface area contributed by atoms with E-state index in [1.54, 1.807) is 33.1 Å². The fourth-order valence-electron chi connectivity index (χ4n) is 10.4. The van der Waals surface area contributed by atoms with Gasteiger partial charge in [-0.3, -0.25) is 43.4 Å². The molecule has 18 heteroatoms. The lowest BCUT2D eigenvalue weighted by Crippen LogP contribution is -2.59. The number of methoxy groups -OCH3 is 2. The van der Waals surface area contributed by atoms with Crippen molar-refractivity contribution in [2.75, 3.05) is 55.1 Å². The van der Waals surface area contributed by atoms with Crippen LogP contribution in [0.1, 0.15) is 118 Å². The topological polar surface area (TPSA) is 209 Å². The lowest BCUT2D eigenvalue weighted by atomic mass is 9.89. The largest absolute Gasteiger partial charge is 0.491 e. The number of hydrogen-bond donors (Lipinski definition) is 3. The lowest BCUT2D eigenvalue weighted by molar-refractivity contribution is -0.148. The highest BCUT2D eigenvalue weighted by atomic mass is 16.5. The third-order valence-corrected chi connectivity index (χ3v) is 14.9. The molecule has 0 bridgehead atoms. The van der Waals surface area contributed by atoms with Crippen LogP contribution >= 0.6 is 0 Å². The van der Waals surface area contributed by atoms with Crippen LogP contribution in [0.3, 0.4) is 0 Å². The van der Waals surface area contributed by atoms with Crippen LogP contribution in [0.5, 0.6) is 5.75 Å². The molecule has 76 heavy (non-hydrogen) atoms. The monoisotopic (exact) mass is 1060 g/mol. The number of carbonyl (C=O) groups is 7. The maximum absolute atomic E-state index is 14.5. The second-order valence-electron chi connectivity index (χ2n) is 21.4. The van der Waals surface area contributed by atoms with Gasteiger partial charge in [-0.05, 0) is 106 Å². The zero-order valence-electron chi connectivity index (χ0n) is 47.5. The Balaban J connectivity index is 1.39. The Hall–Kier alpha value is -5.98. The van der Waals surface area contributed by atoms with Gasteiger partial charge < -0.3 is 34.6 Å². The number of amides is 7. The fraction of sp³-hybridized carbons (Fsp3) is 0.621. The van der Waals surface area contributed by atoms with Gasteiger partial charge in [0.15, 0.2) is 0 Å². The Morgan fingerprint density at radius 1 is 0.816 bits per heavy atom. The molecule has 0 aromatic heterocycles. The number of ether oxygens (including phenoxy) is 3. The molecule has 0 aliphatic carbocycles. The molecule has 1 fully saturated rings. The standard InChI is InChI=1S/C58H88N8O10/c1-14-39(6)54(64(11)58(73)52(37(2)3)60-57(72)53(38(4)5)63(9)10)47(74-12)35-51(70)65-33-21-24-46(65)55(75-13)40(7)56(71)59-44(34-42-22-17-15-18-23-42)36-76-45-28-26-43(27-29-45)41(8)61-62-48(67)25-19-16-20-32-66-49(68)30-31-50(66)69/h15,17-18,22-23,26-31,37-40,44,46-47,52-55H,14,16,19-21,24-25,32-36H2,1-13H3,(H,59,71)(H,60,72)(H,62,67)/b61-41-/t39-,40+,44-,46-,47+,52-,53-,54-,55+/m0/s1. The smallest absolute Gasteiger partial charge is 0.253 e. The summed E-state index contributed by atoms with van der Waals surface area (Å²) >= 11 is 0. The zero-order chi connectivity index (χ0) is 56.2. The highest BCUT2D eigenvalue weighted by Gasteiger charge is 2.43. The average molecular weight is 1060 g/mol. The van der Waals surface area contributed by atoms with Crippen LogP contribution in [0.4, 0.5) is 0 Å². The molecule has 1 saturated heterocycles. The first-order valence-corrected chi connectivity index (χ1v) is 27.2. The summed E-state index contributed by atoms with van der Waals surface area (Å²) in [4.78, 5) is 99.3. The first kappa shape index (κ1) is 62.6. The van der Waals surface area contributed by atoms with Crippen molar-refractivity contribution >= 4 is 47.1 Å². The van der Waals surface area contributed by atoms with Crippen LogP contribution in [0.15, 0.2) is 71.9 Å². The third-order valence-electron chi connectivity index (χ3n) is 14.9. The van der Waals surface area contributed by atoms with E-state index in [1.165, 1.54) is 17.1 Å². The molecule has 0 spiro atoms. The van der Waals surface area contributed by atoms with Crippen molar-refractivity contribution in [1.82, 2.24) is 35.7 Å². The van der Waals surface area contributed by atoms with E-state index < -0.39 is 42.3 Å². The molecular formula is C58H88N8O10. The van der Waals surface area contributed by atoms with Crippen molar-refractivity contribution in [1.29, 1.82) is 0 Å². The number of likely N-dealkylation sites (tertiary alicyclic amines) is 1. The summed E-state index contributed by atoms with van der Waals surface area (Å²) in [6.45, 7) is 16.5. The van der Waals surface area contributed by atoms with Gasteiger partial charge >= 0.3 is 0 Å². The van der Waals surface area contributed by atoms with E-state index in [2.05, 4.69) is 21.2 Å². The Bertz CT molecular complexity index is 2260. The van der Waals surface area contributed by atoms with Gasteiger partial charge in [0.05, 0.1) is 54.4 Å². The van der Waals surface area contributed by atoms with Gasteiger partial charge in [-0.15, -0.1) is 0 Å². The molecule has 0 saturated carbocycles. The van der Waals surface area contributed by atoms with Crippen LogP contribution in [-0.4, -0.2) is 164 Å². The predicted molar refractivity (Wildman–Crippen MR) is 294 cm³/mol. The van der Waals surface area contributed by atoms with E-state index in [4.69, 9.17) is 14.2 Å². The average Bonchev–Trinajstić information content (AvgIpc) is 4.01. The third kappa shape index (κ3) is 17.8. The molecule has 4 rings (SSSR count). The molecule has 0 radical (unpaired) electrons. The Morgan fingerprint density at radius 3 is 2.05 bits per heavy atom. The molecular weight excluding hydrogens is 969 g/mol. The summed E-state index contributed by atoms with van der Waals surface area (Å²) in [5, 5.41) is 10.6. The summed E-state index contributed by atoms with van der Waals surface area (Å²) in [6, 6.07) is 14.6. The van der Waals surface area contributed by atoms with Gasteiger partial charge in [-0.2, -0.15) is 5.10 Å². The summed E-state index contributed by atoms with van der Waals surface area (Å²) in [7, 11) is 8.57. The van der Waals surface area contributed by atoms with Crippen molar-refractivity contribution in [2.24, 2.45) is 28.8 Å². The van der Waals surface area contributed by atoms with Crippen LogP contribution in [-0.2, 0) is 49.5 Å². The molecule has 2 aliphatic heterocycles. The van der Waals surface area contributed by atoms with Gasteiger partial charge in [-0.1, -0.05) is 91.6 Å². The van der Waals surface area contributed by atoms with Crippen molar-refractivity contribution < 1.29 is 47.8 Å². The summed E-state index contributed by atoms with van der Waals surface area (Å²) < 4.78 is 18.5. The lowest BCUT2D eigenvalue weighted by Gasteiger charge is -2.41. The first-order chi connectivity index (χ1) is 36.1. The highest BCUT2D eigenvalue weighted by Crippen LogP contribution is 2.30. The van der Waals surface area contributed by atoms with Gasteiger partial charge in [0.25, 0.3) is 11.8 Å². The molecule has 7 amide bonds. The second-order valence-corrected chi connectivity index (χ2v) is 21.4. The fourth-order valence-corrected chi connectivity index (χ4v) is 10.4. The summed E-state index contributed by atoms with van der Waals surface area (Å²) in [6.07, 6.45) is 5.98. The van der Waals surface area contributed by atoms with Gasteiger partial charge in [0.1, 0.15) is 18.4 Å². The minimum Gasteiger partial charge on any atom is -0.491 e. The maximum Gasteiger partial charge on any atom is 0.253 e.